The van der Waals surface area contributed by atoms with Gasteiger partial charge in [0.2, 0.25) is 0 Å². The van der Waals surface area contributed by atoms with Gasteiger partial charge in [0.15, 0.2) is 11.5 Å². The van der Waals surface area contributed by atoms with E-state index in [4.69, 9.17) is 9.47 Å². The van der Waals surface area contributed by atoms with Crippen LogP contribution in [0.25, 0.3) is 21.6 Å². The van der Waals surface area contributed by atoms with Crippen LogP contribution < -0.4 is 10.1 Å². The van der Waals surface area contributed by atoms with Crippen LogP contribution in [-0.4, -0.2) is 55.9 Å². The molecule has 4 aromatic rings. The van der Waals surface area contributed by atoms with E-state index >= 15 is 0 Å². The van der Waals surface area contributed by atoms with Crippen molar-refractivity contribution in [3.05, 3.63) is 47.6 Å². The lowest BCUT2D eigenvalue weighted by Gasteiger charge is -2.34. The Morgan fingerprint density at radius 2 is 2.11 bits per heavy atom. The molecule has 1 unspecified atom stereocenters. The summed E-state index contributed by atoms with van der Waals surface area (Å²) in [6.07, 6.45) is 5.07. The van der Waals surface area contributed by atoms with Crippen LogP contribution in [0, 0.1) is 6.92 Å². The number of benzene rings is 1. The normalized spacial score (nSPS) is 16.2. The van der Waals surface area contributed by atoms with Crippen LogP contribution >= 0.6 is 11.3 Å². The monoisotopic (exact) mass is 506 g/mol. The van der Waals surface area contributed by atoms with Crippen LogP contribution in [0.4, 0.5) is 10.6 Å². The van der Waals surface area contributed by atoms with E-state index in [-0.39, 0.29) is 12.1 Å². The number of likely N-dealkylation sites (tertiary alicyclic amines) is 1. The van der Waals surface area contributed by atoms with Gasteiger partial charge in [-0.25, -0.2) is 14.8 Å². The minimum atomic E-state index is -0.524. The van der Waals surface area contributed by atoms with E-state index in [1.54, 1.807) is 22.4 Å². The second kappa shape index (κ2) is 9.77. The highest BCUT2D eigenvalue weighted by Gasteiger charge is 2.28. The number of fused-ring (bicyclic) bond motifs is 1. The third-order valence-electron chi connectivity index (χ3n) is 5.77. The van der Waals surface area contributed by atoms with E-state index in [0.29, 0.717) is 36.1 Å². The van der Waals surface area contributed by atoms with Gasteiger partial charge in [0.1, 0.15) is 27.5 Å². The Bertz CT molecular complexity index is 1380. The molecule has 1 amide bonds. The molecule has 1 aliphatic rings. The Morgan fingerprint density at radius 3 is 2.89 bits per heavy atom. The molecule has 0 radical (unpaired) electrons. The molecule has 2 N–H and O–H groups in total. The maximum atomic E-state index is 12.6. The number of hydrogen-bond donors (Lipinski definition) is 2. The molecule has 10 heteroatoms. The van der Waals surface area contributed by atoms with Crippen molar-refractivity contribution in [2.45, 2.75) is 52.2 Å². The lowest BCUT2D eigenvalue weighted by molar-refractivity contribution is 0.0206. The second-order valence-electron chi connectivity index (χ2n) is 9.92. The van der Waals surface area contributed by atoms with E-state index in [1.807, 2.05) is 64.2 Å². The molecule has 1 fully saturated rings. The highest BCUT2D eigenvalue weighted by atomic mass is 32.1. The lowest BCUT2D eigenvalue weighted by Crippen LogP contribution is -2.47. The molecular weight excluding hydrogens is 476 g/mol. The Labute approximate surface area is 213 Å². The summed E-state index contributed by atoms with van der Waals surface area (Å²) < 4.78 is 11.9. The number of ether oxygens (including phenoxy) is 2. The summed E-state index contributed by atoms with van der Waals surface area (Å²) in [5.74, 6) is 1.99. The first-order valence-electron chi connectivity index (χ1n) is 12.0. The van der Waals surface area contributed by atoms with Crippen LogP contribution in [-0.2, 0) is 4.74 Å². The Morgan fingerprint density at radius 1 is 1.25 bits per heavy atom. The van der Waals surface area contributed by atoms with Gasteiger partial charge < -0.3 is 19.7 Å². The molecule has 36 heavy (non-hydrogen) atoms. The third-order valence-corrected chi connectivity index (χ3v) is 6.73. The van der Waals surface area contributed by atoms with Crippen molar-refractivity contribution in [1.82, 2.24) is 25.1 Å². The SMILES string of the molecule is Cc1cnc(-c2cccc(Oc3ccnc4[nH]nc(NC5CCCN(C(=O)OC(C)(C)C)C5)c34)c2)s1. The van der Waals surface area contributed by atoms with Crippen molar-refractivity contribution in [3.63, 3.8) is 0 Å². The highest BCUT2D eigenvalue weighted by Crippen LogP contribution is 2.35. The Hall–Kier alpha value is -3.66. The molecule has 9 nitrogen and oxygen atoms in total. The summed E-state index contributed by atoms with van der Waals surface area (Å²) in [6, 6.07) is 9.75. The van der Waals surface area contributed by atoms with Gasteiger partial charge in [0.05, 0.1) is 0 Å². The van der Waals surface area contributed by atoms with Gasteiger partial charge in [-0.1, -0.05) is 12.1 Å². The average molecular weight is 507 g/mol. The van der Waals surface area contributed by atoms with E-state index < -0.39 is 5.60 Å². The number of nitrogens with zero attached hydrogens (tertiary/aromatic N) is 4. The van der Waals surface area contributed by atoms with E-state index in [9.17, 15) is 4.79 Å². The zero-order valence-electron chi connectivity index (χ0n) is 20.9. The van der Waals surface area contributed by atoms with Crippen molar-refractivity contribution in [2.75, 3.05) is 18.4 Å². The maximum Gasteiger partial charge on any atom is 0.410 e. The number of hydrogen-bond acceptors (Lipinski definition) is 8. The quantitative estimate of drug-likeness (QED) is 0.342. The largest absolute Gasteiger partial charge is 0.456 e. The number of H-pyrrole nitrogens is 1. The molecule has 3 aromatic heterocycles. The summed E-state index contributed by atoms with van der Waals surface area (Å²) in [5, 5.41) is 12.7. The first-order chi connectivity index (χ1) is 17.2. The number of aromatic nitrogens is 4. The van der Waals surface area contributed by atoms with Gasteiger partial charge in [0, 0.05) is 48.0 Å². The number of pyridine rings is 1. The molecule has 1 atom stereocenters. The van der Waals surface area contributed by atoms with Gasteiger partial charge >= 0.3 is 6.09 Å². The number of rotatable bonds is 5. The predicted octanol–water partition coefficient (Wildman–Crippen LogP) is 5.99. The molecule has 5 rings (SSSR count). The minimum absolute atomic E-state index is 0.0299. The van der Waals surface area contributed by atoms with Gasteiger partial charge in [-0.05, 0) is 52.7 Å². The van der Waals surface area contributed by atoms with Crippen LogP contribution in [0.1, 0.15) is 38.5 Å². The summed E-state index contributed by atoms with van der Waals surface area (Å²) in [7, 11) is 0. The highest BCUT2D eigenvalue weighted by molar-refractivity contribution is 7.14. The lowest BCUT2D eigenvalue weighted by atomic mass is 10.1. The fourth-order valence-electron chi connectivity index (χ4n) is 4.20. The van der Waals surface area contributed by atoms with Crippen molar-refractivity contribution < 1.29 is 14.3 Å². The molecule has 0 saturated carbocycles. The summed E-state index contributed by atoms with van der Waals surface area (Å²) >= 11 is 1.65. The smallest absolute Gasteiger partial charge is 0.410 e. The summed E-state index contributed by atoms with van der Waals surface area (Å²) in [5.41, 5.74) is 1.11. The van der Waals surface area contributed by atoms with E-state index in [1.165, 1.54) is 0 Å². The number of nitrogens with one attached hydrogen (secondary N) is 2. The molecule has 0 bridgehead atoms. The molecule has 0 spiro atoms. The molecule has 0 aliphatic carbocycles. The molecular formula is C26H30N6O3S. The van der Waals surface area contributed by atoms with Crippen molar-refractivity contribution in [2.24, 2.45) is 0 Å². The summed E-state index contributed by atoms with van der Waals surface area (Å²) in [6.45, 7) is 8.89. The summed E-state index contributed by atoms with van der Waals surface area (Å²) in [4.78, 5) is 24.4. The number of amides is 1. The zero-order chi connectivity index (χ0) is 25.3. The average Bonchev–Trinajstić information content (AvgIpc) is 3.45. The number of anilines is 1. The number of carbonyl (C=O) groups is 1. The van der Waals surface area contributed by atoms with Crippen LogP contribution in [0.3, 0.4) is 0 Å². The van der Waals surface area contributed by atoms with Gasteiger partial charge in [0.25, 0.3) is 0 Å². The second-order valence-corrected chi connectivity index (χ2v) is 11.2. The van der Waals surface area contributed by atoms with Crippen LogP contribution in [0.5, 0.6) is 11.5 Å². The fraction of sp³-hybridized carbons (Fsp3) is 0.385. The standard InChI is InChI=1S/C26H30N6O3S/c1-16-14-28-24(36-16)17-7-5-9-19(13-17)34-20-10-11-27-22-21(20)23(31-30-22)29-18-8-6-12-32(15-18)25(33)35-26(2,3)4/h5,7,9-11,13-14,18H,6,8,12,15H2,1-4H3,(H2,27,29,30,31). The predicted molar refractivity (Wildman–Crippen MR) is 141 cm³/mol. The topological polar surface area (TPSA) is 105 Å². The van der Waals surface area contributed by atoms with E-state index in [0.717, 1.165) is 33.7 Å². The molecule has 188 valence electrons. The minimum Gasteiger partial charge on any atom is -0.456 e. The number of aryl methyl sites for hydroxylation is 1. The first kappa shape index (κ1) is 24.1. The number of carbonyl (C=O) groups excluding carboxylic acids is 1. The molecule has 4 heterocycles. The Balaban J connectivity index is 1.35. The van der Waals surface area contributed by atoms with Gasteiger partial charge in [-0.15, -0.1) is 11.3 Å². The first-order valence-corrected chi connectivity index (χ1v) is 12.8. The van der Waals surface area contributed by atoms with Crippen molar-refractivity contribution in [3.8, 4) is 22.1 Å². The van der Waals surface area contributed by atoms with Gasteiger partial charge in [-0.2, -0.15) is 5.10 Å². The maximum absolute atomic E-state index is 12.6. The molecule has 1 aliphatic heterocycles. The van der Waals surface area contributed by atoms with Crippen molar-refractivity contribution >= 4 is 34.3 Å². The van der Waals surface area contributed by atoms with Crippen molar-refractivity contribution in [1.29, 1.82) is 0 Å². The van der Waals surface area contributed by atoms with Crippen LogP contribution in [0.15, 0.2) is 42.7 Å². The Kier molecular flexibility index (Phi) is 6.53. The van der Waals surface area contributed by atoms with E-state index in [2.05, 4.69) is 25.5 Å². The zero-order valence-corrected chi connectivity index (χ0v) is 21.7. The number of aromatic amines is 1. The fourth-order valence-corrected chi connectivity index (χ4v) is 4.96. The number of piperidine rings is 1. The third kappa shape index (κ3) is 5.43. The number of thiazole rings is 1. The molecule has 1 aromatic carbocycles. The van der Waals surface area contributed by atoms with Gasteiger partial charge in [-0.3, -0.25) is 5.10 Å². The molecule has 1 saturated heterocycles. The van der Waals surface area contributed by atoms with Crippen LogP contribution in [0.2, 0.25) is 0 Å².